The van der Waals surface area contributed by atoms with Gasteiger partial charge in [-0.05, 0) is 24.3 Å². The Morgan fingerprint density at radius 2 is 2.14 bits per heavy atom. The monoisotopic (exact) mass is 429 g/mol. The summed E-state index contributed by atoms with van der Waals surface area (Å²) in [6.07, 6.45) is 1.75. The van der Waals surface area contributed by atoms with E-state index in [9.17, 15) is 9.90 Å². The standard InChI is InChI=1S/C21H20ClN3O3S/c22-13-7-12-8-18(21(27)25-5-3-23-4-6-25)28-19(12)16(9-13)15-1-2-24-17-10-14(11-26)29-20(15)17/h1-2,7,9-10,18,23,26H,3-6,8,11H2/t18-/m1/s1. The van der Waals surface area contributed by atoms with E-state index in [0.29, 0.717) is 30.3 Å². The molecule has 1 saturated heterocycles. The number of aromatic nitrogens is 1. The fourth-order valence-corrected chi connectivity index (χ4v) is 5.27. The molecule has 5 rings (SSSR count). The summed E-state index contributed by atoms with van der Waals surface area (Å²) in [5, 5.41) is 13.4. The minimum absolute atomic E-state index is 0.0219. The van der Waals surface area contributed by atoms with E-state index in [1.807, 2.05) is 29.2 Å². The number of aliphatic hydroxyl groups is 1. The van der Waals surface area contributed by atoms with Crippen LogP contribution >= 0.6 is 22.9 Å². The van der Waals surface area contributed by atoms with Gasteiger partial charge in [-0.2, -0.15) is 0 Å². The normalized spacial score (nSPS) is 18.7. The SMILES string of the molecule is O=C([C@H]1Cc2cc(Cl)cc(-c3ccnc4cc(CO)sc34)c2O1)N1CCNCC1. The number of carbonyl (C=O) groups is 1. The van der Waals surface area contributed by atoms with Crippen LogP contribution in [-0.2, 0) is 17.8 Å². The van der Waals surface area contributed by atoms with Crippen LogP contribution < -0.4 is 10.1 Å². The van der Waals surface area contributed by atoms with Gasteiger partial charge in [-0.15, -0.1) is 11.3 Å². The van der Waals surface area contributed by atoms with Crippen LogP contribution in [0.2, 0.25) is 5.02 Å². The van der Waals surface area contributed by atoms with E-state index in [1.165, 1.54) is 11.3 Å². The fraction of sp³-hybridized carbons (Fsp3) is 0.333. The number of hydrogen-bond donors (Lipinski definition) is 2. The first-order valence-corrected chi connectivity index (χ1v) is 10.8. The number of carbonyl (C=O) groups excluding carboxylic acids is 1. The number of ether oxygens (including phenoxy) is 1. The van der Waals surface area contributed by atoms with Gasteiger partial charge in [-0.1, -0.05) is 11.6 Å². The average molecular weight is 430 g/mol. The maximum absolute atomic E-state index is 13.0. The van der Waals surface area contributed by atoms with Crippen LogP contribution in [0.15, 0.2) is 30.5 Å². The highest BCUT2D eigenvalue weighted by molar-refractivity contribution is 7.19. The van der Waals surface area contributed by atoms with Crippen molar-refractivity contribution in [3.63, 3.8) is 0 Å². The summed E-state index contributed by atoms with van der Waals surface area (Å²) in [5.41, 5.74) is 3.59. The van der Waals surface area contributed by atoms with Gasteiger partial charge < -0.3 is 20.1 Å². The third kappa shape index (κ3) is 3.38. The maximum atomic E-state index is 13.0. The molecule has 0 bridgehead atoms. The van der Waals surface area contributed by atoms with E-state index in [-0.39, 0.29) is 12.5 Å². The van der Waals surface area contributed by atoms with Crippen molar-refractivity contribution in [2.45, 2.75) is 19.1 Å². The molecule has 0 radical (unpaired) electrons. The van der Waals surface area contributed by atoms with Gasteiger partial charge in [0.15, 0.2) is 6.10 Å². The number of benzene rings is 1. The predicted molar refractivity (Wildman–Crippen MR) is 114 cm³/mol. The highest BCUT2D eigenvalue weighted by Gasteiger charge is 2.35. The minimum Gasteiger partial charge on any atom is -0.479 e. The number of thiophene rings is 1. The van der Waals surface area contributed by atoms with Gasteiger partial charge in [0.25, 0.3) is 5.91 Å². The summed E-state index contributed by atoms with van der Waals surface area (Å²) in [4.78, 5) is 20.1. The predicted octanol–water partition coefficient (Wildman–Crippen LogP) is 2.84. The Labute approximate surface area is 177 Å². The van der Waals surface area contributed by atoms with Crippen molar-refractivity contribution >= 4 is 39.1 Å². The molecule has 2 N–H and O–H groups in total. The molecule has 1 fully saturated rings. The summed E-state index contributed by atoms with van der Waals surface area (Å²) < 4.78 is 7.18. The lowest BCUT2D eigenvalue weighted by Gasteiger charge is -2.29. The molecule has 29 heavy (non-hydrogen) atoms. The Kier molecular flexibility index (Phi) is 4.91. The van der Waals surface area contributed by atoms with Crippen molar-refractivity contribution in [3.05, 3.63) is 45.9 Å². The number of nitrogens with zero attached hydrogens (tertiary/aromatic N) is 2. The van der Waals surface area contributed by atoms with Crippen molar-refractivity contribution in [2.75, 3.05) is 26.2 Å². The lowest BCUT2D eigenvalue weighted by atomic mass is 10.0. The molecule has 8 heteroatoms. The van der Waals surface area contributed by atoms with Gasteiger partial charge in [-0.3, -0.25) is 9.78 Å². The molecule has 0 unspecified atom stereocenters. The number of hydrogen-bond acceptors (Lipinski definition) is 6. The van der Waals surface area contributed by atoms with Gasteiger partial charge in [0.1, 0.15) is 5.75 Å². The maximum Gasteiger partial charge on any atom is 0.264 e. The van der Waals surface area contributed by atoms with E-state index >= 15 is 0 Å². The van der Waals surface area contributed by atoms with Crippen LogP contribution in [0.4, 0.5) is 0 Å². The molecule has 0 spiro atoms. The molecule has 4 heterocycles. The topological polar surface area (TPSA) is 74.7 Å². The second-order valence-electron chi connectivity index (χ2n) is 7.27. The van der Waals surface area contributed by atoms with Crippen LogP contribution in [0.1, 0.15) is 10.4 Å². The second-order valence-corrected chi connectivity index (χ2v) is 8.84. The van der Waals surface area contributed by atoms with Crippen LogP contribution in [0, 0.1) is 0 Å². The Bertz CT molecular complexity index is 1090. The molecule has 2 aliphatic heterocycles. The third-order valence-corrected chi connectivity index (χ3v) is 6.77. The number of rotatable bonds is 3. The first kappa shape index (κ1) is 18.8. The summed E-state index contributed by atoms with van der Waals surface area (Å²) in [5.74, 6) is 0.748. The molecular weight excluding hydrogens is 410 g/mol. The van der Waals surface area contributed by atoms with E-state index < -0.39 is 6.10 Å². The molecule has 0 saturated carbocycles. The molecular formula is C21H20ClN3O3S. The number of pyridine rings is 1. The number of amides is 1. The van der Waals surface area contributed by atoms with Gasteiger partial charge in [0, 0.05) is 65.4 Å². The summed E-state index contributed by atoms with van der Waals surface area (Å²) in [7, 11) is 0. The Morgan fingerprint density at radius 3 is 2.93 bits per heavy atom. The van der Waals surface area contributed by atoms with Crippen LogP contribution in [0.25, 0.3) is 21.3 Å². The lowest BCUT2D eigenvalue weighted by molar-refractivity contribution is -0.138. The van der Waals surface area contributed by atoms with E-state index in [4.69, 9.17) is 16.3 Å². The number of halogens is 1. The van der Waals surface area contributed by atoms with Crippen molar-refractivity contribution < 1.29 is 14.6 Å². The third-order valence-electron chi connectivity index (χ3n) is 5.41. The van der Waals surface area contributed by atoms with Crippen molar-refractivity contribution in [1.82, 2.24) is 15.2 Å². The summed E-state index contributed by atoms with van der Waals surface area (Å²) >= 11 is 7.93. The molecule has 0 aliphatic carbocycles. The molecule has 2 aromatic heterocycles. The number of fused-ring (bicyclic) bond motifs is 2. The van der Waals surface area contributed by atoms with Gasteiger partial charge in [-0.25, -0.2) is 0 Å². The molecule has 1 amide bonds. The smallest absolute Gasteiger partial charge is 0.264 e. The summed E-state index contributed by atoms with van der Waals surface area (Å²) in [6, 6.07) is 7.59. The largest absolute Gasteiger partial charge is 0.479 e. The molecule has 2 aliphatic rings. The zero-order valence-electron chi connectivity index (χ0n) is 15.7. The van der Waals surface area contributed by atoms with E-state index in [2.05, 4.69) is 10.3 Å². The highest BCUT2D eigenvalue weighted by Crippen LogP contribution is 2.44. The van der Waals surface area contributed by atoms with Crippen molar-refractivity contribution in [3.8, 4) is 16.9 Å². The van der Waals surface area contributed by atoms with Crippen LogP contribution in [-0.4, -0.2) is 53.2 Å². The van der Waals surface area contributed by atoms with E-state index in [1.54, 1.807) is 6.20 Å². The number of aliphatic hydroxyl groups excluding tert-OH is 1. The zero-order chi connectivity index (χ0) is 20.0. The summed E-state index contributed by atoms with van der Waals surface area (Å²) in [6.45, 7) is 3.00. The fourth-order valence-electron chi connectivity index (χ4n) is 4.03. The number of piperazine rings is 1. The minimum atomic E-state index is -0.519. The van der Waals surface area contributed by atoms with Gasteiger partial charge in [0.2, 0.25) is 0 Å². The van der Waals surface area contributed by atoms with Crippen LogP contribution in [0.5, 0.6) is 5.75 Å². The lowest BCUT2D eigenvalue weighted by Crippen LogP contribution is -2.50. The first-order valence-electron chi connectivity index (χ1n) is 9.61. The molecule has 1 aromatic carbocycles. The average Bonchev–Trinajstić information content (AvgIpc) is 3.36. The van der Waals surface area contributed by atoms with Gasteiger partial charge in [0.05, 0.1) is 16.8 Å². The second kappa shape index (κ2) is 7.57. The molecule has 1 atom stereocenters. The molecule has 150 valence electrons. The van der Waals surface area contributed by atoms with Crippen molar-refractivity contribution in [1.29, 1.82) is 0 Å². The molecule has 6 nitrogen and oxygen atoms in total. The quantitative estimate of drug-likeness (QED) is 0.669. The highest BCUT2D eigenvalue weighted by atomic mass is 35.5. The Balaban J connectivity index is 1.54. The van der Waals surface area contributed by atoms with Gasteiger partial charge >= 0.3 is 0 Å². The Morgan fingerprint density at radius 1 is 1.31 bits per heavy atom. The zero-order valence-corrected chi connectivity index (χ0v) is 17.2. The van der Waals surface area contributed by atoms with Crippen molar-refractivity contribution in [2.24, 2.45) is 0 Å². The first-order chi connectivity index (χ1) is 14.1. The van der Waals surface area contributed by atoms with E-state index in [0.717, 1.165) is 44.9 Å². The Hall–Kier alpha value is -2.19. The number of nitrogens with one attached hydrogen (secondary N) is 1. The molecule has 3 aromatic rings. The van der Waals surface area contributed by atoms with Crippen LogP contribution in [0.3, 0.4) is 0 Å².